The number of alkyl halides is 6. The number of halogens is 8. The summed E-state index contributed by atoms with van der Waals surface area (Å²) in [6.07, 6.45) is -3.34. The van der Waals surface area contributed by atoms with Crippen LogP contribution >= 0.6 is 23.2 Å². The topological polar surface area (TPSA) is 276 Å². The number of nitrogens with zero attached hydrogens (tertiary/aromatic N) is 8. The molecule has 0 aliphatic carbocycles. The van der Waals surface area contributed by atoms with Gasteiger partial charge in [-0.15, -0.1) is 0 Å². The summed E-state index contributed by atoms with van der Waals surface area (Å²) >= 11 is 12.3. The molecule has 8 aliphatic rings. The number of piperidine rings is 6. The highest BCUT2D eigenvalue weighted by Crippen LogP contribution is 2.42. The summed E-state index contributed by atoms with van der Waals surface area (Å²) in [6, 6.07) is 19.0. The van der Waals surface area contributed by atoms with Crippen molar-refractivity contribution >= 4 is 94.0 Å². The number of nitrogen functional groups attached to an aromatic ring is 2. The van der Waals surface area contributed by atoms with Crippen LogP contribution < -0.4 is 22.1 Å². The summed E-state index contributed by atoms with van der Waals surface area (Å²) in [5.74, 6) is 0.417. The Kier molecular flexibility index (Phi) is 28.5. The molecular weight excluding hydrogens is 1490 g/mol. The van der Waals surface area contributed by atoms with Gasteiger partial charge in [-0.1, -0.05) is 59.6 Å². The fourth-order valence-electron chi connectivity index (χ4n) is 17.1. The molecule has 111 heavy (non-hydrogen) atoms. The van der Waals surface area contributed by atoms with Crippen molar-refractivity contribution in [1.29, 1.82) is 0 Å². The van der Waals surface area contributed by atoms with E-state index in [4.69, 9.17) is 53.6 Å². The molecule has 2 atom stereocenters. The quantitative estimate of drug-likeness (QED) is 0.0294. The third-order valence-electron chi connectivity index (χ3n) is 23.6. The molecule has 0 unspecified atom stereocenters. The Bertz CT molecular complexity index is 3930. The molecule has 0 bridgehead atoms. The molecule has 0 saturated carbocycles. The second-order valence-corrected chi connectivity index (χ2v) is 31.1. The number of anilines is 4. The lowest BCUT2D eigenvalue weighted by Gasteiger charge is -2.41. The second-order valence-electron chi connectivity index (χ2n) is 30.3. The van der Waals surface area contributed by atoms with Crippen LogP contribution in [0.3, 0.4) is 0 Å². The van der Waals surface area contributed by atoms with Gasteiger partial charge in [-0.2, -0.15) is 26.3 Å². The standard InChI is InChI=1S/C40H52ClF3N6O6.C39H50ClF3N6O6/c1-2-55-35(51)14-17-47-15-7-27(8-16-47)28-9-18-48(19-10-28)37(52)34(25-26-23-31(40(42,43)44)36(45)32(41)24-26)56-39(54)49-20-12-30(13-21-49)50-22-11-29-5-3-4-6-33(29)46-38(50)53;1-54-34(50)13-16-46-14-6-26(7-15-46)27-8-17-47(18-9-27)36(51)33(24-25-22-30(39(41,42)43)35(44)31(40)23-25)55-38(53)48-19-11-29(12-20-48)49-21-10-28-4-2-3-5-32(28)45-37(49)52/h3-6,23-24,27-28,30,34H,2,7-22,25,45H2,1H3,(H,46,53);2-5,22-23,26-27,29,33H,6-21,24,44H2,1H3,(H,45,52)/t34-;33-/m11/s1. The number of methoxy groups -OCH3 is 1. The molecule has 12 rings (SSSR count). The lowest BCUT2D eigenvalue weighted by Crippen LogP contribution is -2.52. The molecule has 4 aromatic rings. The Balaban J connectivity index is 0.000000220. The van der Waals surface area contributed by atoms with E-state index >= 15 is 0 Å². The molecule has 0 radical (unpaired) electrons. The van der Waals surface area contributed by atoms with E-state index in [1.54, 1.807) is 26.5 Å². The maximum Gasteiger partial charge on any atom is 0.418 e. The first-order chi connectivity index (χ1) is 53.1. The Hall–Kier alpha value is -8.48. The molecular formula is C79H102Cl2F6N12O12. The van der Waals surface area contributed by atoms with Crippen molar-refractivity contribution in [3.05, 3.63) is 116 Å². The summed E-state index contributed by atoms with van der Waals surface area (Å²) in [5.41, 5.74) is 11.7. The number of hydrogen-bond acceptors (Lipinski definition) is 16. The predicted molar refractivity (Wildman–Crippen MR) is 405 cm³/mol. The van der Waals surface area contributed by atoms with Crippen LogP contribution in [-0.2, 0) is 76.2 Å². The van der Waals surface area contributed by atoms with E-state index in [1.807, 2.05) is 48.5 Å². The van der Waals surface area contributed by atoms with E-state index in [1.165, 1.54) is 29.0 Å². The van der Waals surface area contributed by atoms with Crippen LogP contribution in [0.5, 0.6) is 0 Å². The molecule has 32 heteroatoms. The third kappa shape index (κ3) is 21.8. The largest absolute Gasteiger partial charge is 0.469 e. The summed E-state index contributed by atoms with van der Waals surface area (Å²) in [7, 11) is 1.39. The van der Waals surface area contributed by atoms with Gasteiger partial charge in [-0.25, -0.2) is 19.2 Å². The number of carbonyl (C=O) groups is 8. The van der Waals surface area contributed by atoms with Gasteiger partial charge in [0.15, 0.2) is 12.2 Å². The highest BCUT2D eigenvalue weighted by atomic mass is 35.5. The van der Waals surface area contributed by atoms with Gasteiger partial charge in [0.25, 0.3) is 11.8 Å². The number of hydrogen-bond donors (Lipinski definition) is 4. The lowest BCUT2D eigenvalue weighted by atomic mass is 9.78. The number of para-hydroxylation sites is 2. The third-order valence-corrected chi connectivity index (χ3v) is 24.2. The molecule has 606 valence electrons. The van der Waals surface area contributed by atoms with Crippen LogP contribution in [0.1, 0.15) is 130 Å². The highest BCUT2D eigenvalue weighted by Gasteiger charge is 2.43. The minimum Gasteiger partial charge on any atom is -0.469 e. The summed E-state index contributed by atoms with van der Waals surface area (Å²) in [4.78, 5) is 120. The fourth-order valence-corrected chi connectivity index (χ4v) is 17.6. The first-order valence-electron chi connectivity index (χ1n) is 38.9. The molecule has 8 heterocycles. The molecule has 0 aromatic heterocycles. The van der Waals surface area contributed by atoms with E-state index in [0.29, 0.717) is 134 Å². The van der Waals surface area contributed by atoms with Gasteiger partial charge in [-0.3, -0.25) is 19.2 Å². The SMILES string of the molecule is CCOC(=O)CCN1CCC(C2CCN(C(=O)[C@@H](Cc3cc(Cl)c(N)c(C(F)(F)F)c3)OC(=O)N3CCC(N4CCc5ccccc5NC4=O)CC3)CC2)CC1.COC(=O)CCN1CCC(C2CCN(C(=O)[C@@H](Cc3cc(Cl)c(N)c(C(F)(F)F)c3)OC(=O)N3CCC(N4CCc5ccccc5NC4=O)CC3)CC2)CC1. The predicted octanol–water partition coefficient (Wildman–Crippen LogP) is 12.5. The van der Waals surface area contributed by atoms with E-state index < -0.39 is 71.1 Å². The Morgan fingerprint density at radius 1 is 0.486 bits per heavy atom. The van der Waals surface area contributed by atoms with E-state index in [-0.39, 0.29) is 96.3 Å². The van der Waals surface area contributed by atoms with Crippen LogP contribution in [0.4, 0.5) is 68.3 Å². The number of fused-ring (bicyclic) bond motifs is 2. The smallest absolute Gasteiger partial charge is 0.418 e. The highest BCUT2D eigenvalue weighted by molar-refractivity contribution is 6.33. The van der Waals surface area contributed by atoms with Crippen LogP contribution in [-0.4, -0.2) is 230 Å². The van der Waals surface area contributed by atoms with Gasteiger partial charge in [-0.05, 0) is 205 Å². The minimum atomic E-state index is -4.78. The lowest BCUT2D eigenvalue weighted by molar-refractivity contribution is -0.144. The van der Waals surface area contributed by atoms with Crippen molar-refractivity contribution < 1.29 is 83.6 Å². The van der Waals surface area contributed by atoms with Crippen LogP contribution in [0, 0.1) is 23.7 Å². The molecule has 8 amide bonds. The Morgan fingerprint density at radius 2 is 0.829 bits per heavy atom. The number of likely N-dealkylation sites (tertiary alicyclic amines) is 6. The van der Waals surface area contributed by atoms with Gasteiger partial charge in [0.05, 0.1) is 59.1 Å². The number of carbonyl (C=O) groups excluding carboxylic acids is 8. The number of nitrogens with one attached hydrogen (secondary N) is 2. The Morgan fingerprint density at radius 3 is 1.18 bits per heavy atom. The number of ether oxygens (including phenoxy) is 4. The number of nitrogens with two attached hydrogens (primary N) is 2. The average molecular weight is 1600 g/mol. The normalized spacial score (nSPS) is 19.9. The molecule has 6 saturated heterocycles. The molecule has 0 spiro atoms. The number of rotatable bonds is 19. The minimum absolute atomic E-state index is 0.0680. The average Bonchev–Trinajstić information content (AvgIpc) is 1.77. The zero-order chi connectivity index (χ0) is 79.3. The summed E-state index contributed by atoms with van der Waals surface area (Å²) < 4.78 is 105. The molecule has 6 fully saturated rings. The van der Waals surface area contributed by atoms with Gasteiger partial charge in [0, 0.05) is 115 Å². The van der Waals surface area contributed by atoms with Gasteiger partial charge >= 0.3 is 48.5 Å². The first kappa shape index (κ1) is 83.5. The maximum absolute atomic E-state index is 14.1. The van der Waals surface area contributed by atoms with Gasteiger partial charge in [0.2, 0.25) is 0 Å². The molecule has 8 aliphatic heterocycles. The van der Waals surface area contributed by atoms with Crippen molar-refractivity contribution in [3.8, 4) is 0 Å². The van der Waals surface area contributed by atoms with Crippen molar-refractivity contribution in [2.45, 2.75) is 159 Å². The van der Waals surface area contributed by atoms with Gasteiger partial charge < -0.3 is 80.2 Å². The molecule has 6 N–H and O–H groups in total. The number of urea groups is 2. The monoisotopic (exact) mass is 1590 g/mol. The number of amides is 8. The molecule has 24 nitrogen and oxygen atoms in total. The van der Waals surface area contributed by atoms with Crippen molar-refractivity contribution in [2.75, 3.05) is 141 Å². The zero-order valence-corrected chi connectivity index (χ0v) is 64.5. The van der Waals surface area contributed by atoms with Crippen molar-refractivity contribution in [2.24, 2.45) is 23.7 Å². The number of esters is 2. The summed E-state index contributed by atoms with van der Waals surface area (Å²) in [6.45, 7) is 11.0. The van der Waals surface area contributed by atoms with E-state index in [2.05, 4.69) is 20.4 Å². The second kappa shape index (κ2) is 37.9. The van der Waals surface area contributed by atoms with E-state index in [9.17, 15) is 64.7 Å². The van der Waals surface area contributed by atoms with Gasteiger partial charge in [0.1, 0.15) is 0 Å². The van der Waals surface area contributed by atoms with Crippen LogP contribution in [0.25, 0.3) is 0 Å². The molecule has 4 aromatic carbocycles. The van der Waals surface area contributed by atoms with Crippen molar-refractivity contribution in [1.82, 2.24) is 39.2 Å². The maximum atomic E-state index is 14.1. The van der Waals surface area contributed by atoms with E-state index in [0.717, 1.165) is 112 Å². The van der Waals surface area contributed by atoms with Crippen LogP contribution in [0.15, 0.2) is 72.8 Å². The number of benzene rings is 4. The van der Waals surface area contributed by atoms with Crippen LogP contribution in [0.2, 0.25) is 10.0 Å². The fraction of sp³-hybridized carbons (Fsp3) is 0.595. The summed E-state index contributed by atoms with van der Waals surface area (Å²) in [5, 5.41) is 5.37. The van der Waals surface area contributed by atoms with Crippen molar-refractivity contribution in [3.63, 3.8) is 0 Å². The first-order valence-corrected chi connectivity index (χ1v) is 39.6. The zero-order valence-electron chi connectivity index (χ0n) is 63.0. The Labute approximate surface area is 653 Å².